The number of hydrogen-bond acceptors (Lipinski definition) is 0. The molecule has 4 heteroatoms. The predicted octanol–water partition coefficient (Wildman–Crippen LogP) is 4.62. The van der Waals surface area contributed by atoms with Crippen LogP contribution in [0.15, 0.2) is 22.7 Å². The second kappa shape index (κ2) is 5.47. The maximum absolute atomic E-state index is 3.61. The smallest absolute Gasteiger partial charge is 0.0160 e. The molecule has 0 aromatic rings. The van der Waals surface area contributed by atoms with Crippen molar-refractivity contribution >= 4 is 63.7 Å². The molecule has 0 heterocycles. The molecule has 0 aromatic heterocycles. The Morgan fingerprint density at radius 1 is 1.23 bits per heavy atom. The van der Waals surface area contributed by atoms with Crippen molar-refractivity contribution in [3.05, 3.63) is 22.7 Å². The van der Waals surface area contributed by atoms with Crippen molar-refractivity contribution in [2.24, 2.45) is 11.3 Å². The van der Waals surface area contributed by atoms with Gasteiger partial charge in [0.15, 0.2) is 0 Å². The lowest BCUT2D eigenvalue weighted by Crippen LogP contribution is -2.35. The van der Waals surface area contributed by atoms with Gasteiger partial charge in [-0.15, -0.1) is 0 Å². The fraction of sp³-hybridized carbons (Fsp3) is 0.556. The van der Waals surface area contributed by atoms with E-state index in [0.29, 0.717) is 5.92 Å². The van der Waals surface area contributed by atoms with Gasteiger partial charge in [-0.1, -0.05) is 81.9 Å². The average molecular weight is 438 g/mol. The van der Waals surface area contributed by atoms with E-state index >= 15 is 0 Å². The minimum Gasteiger partial charge on any atom is -0.0921 e. The lowest BCUT2D eigenvalue weighted by molar-refractivity contribution is 0.390. The quantitative estimate of drug-likeness (QED) is 0.565. The Balaban J connectivity index is 2.97. The van der Waals surface area contributed by atoms with E-state index in [2.05, 4.69) is 81.9 Å². The Morgan fingerprint density at radius 2 is 1.85 bits per heavy atom. The van der Waals surface area contributed by atoms with Crippen LogP contribution in [0.1, 0.15) is 0 Å². The molecule has 0 aromatic carbocycles. The Hall–Kier alpha value is 1.40. The molecule has 0 saturated carbocycles. The molecule has 1 aliphatic rings. The van der Waals surface area contributed by atoms with E-state index < -0.39 is 0 Å². The standard InChI is InChI=1S/C9H10Br4/c10-4-7-8(13)2-1-3-9(7,5-11)6-12/h1-3,7H,4-6H2. The molecule has 0 bridgehead atoms. The summed E-state index contributed by atoms with van der Waals surface area (Å²) in [4.78, 5) is 0. The Labute approximate surface area is 113 Å². The van der Waals surface area contributed by atoms with Gasteiger partial charge in [-0.2, -0.15) is 0 Å². The minimum absolute atomic E-state index is 0.192. The monoisotopic (exact) mass is 434 g/mol. The van der Waals surface area contributed by atoms with Crippen molar-refractivity contribution in [2.75, 3.05) is 16.0 Å². The molecule has 1 unspecified atom stereocenters. The number of alkyl halides is 3. The first-order valence-electron chi connectivity index (χ1n) is 3.93. The van der Waals surface area contributed by atoms with E-state index in [9.17, 15) is 0 Å². The molecule has 0 radical (unpaired) electrons. The highest BCUT2D eigenvalue weighted by Gasteiger charge is 2.37. The first-order chi connectivity index (χ1) is 6.20. The number of hydrogen-bond donors (Lipinski definition) is 0. The summed E-state index contributed by atoms with van der Waals surface area (Å²) in [6.45, 7) is 0. The molecule has 0 nitrogen and oxygen atoms in total. The van der Waals surface area contributed by atoms with E-state index in [1.165, 1.54) is 4.48 Å². The van der Waals surface area contributed by atoms with Gasteiger partial charge in [-0.05, 0) is 4.48 Å². The Kier molecular flexibility index (Phi) is 5.25. The summed E-state index contributed by atoms with van der Waals surface area (Å²) in [7, 11) is 0. The zero-order valence-electron chi connectivity index (χ0n) is 6.94. The maximum atomic E-state index is 3.61. The highest BCUT2D eigenvalue weighted by Crippen LogP contribution is 2.43. The molecule has 1 atom stereocenters. The third-order valence-electron chi connectivity index (χ3n) is 2.36. The van der Waals surface area contributed by atoms with Crippen molar-refractivity contribution in [2.45, 2.75) is 0 Å². The molecule has 0 N–H and O–H groups in total. The molecule has 13 heavy (non-hydrogen) atoms. The minimum atomic E-state index is 0.192. The normalized spacial score (nSPS) is 25.8. The molecule has 74 valence electrons. The lowest BCUT2D eigenvalue weighted by atomic mass is 9.77. The van der Waals surface area contributed by atoms with Gasteiger partial charge in [-0.25, -0.2) is 0 Å². The van der Waals surface area contributed by atoms with E-state index in [-0.39, 0.29) is 5.41 Å². The van der Waals surface area contributed by atoms with Crippen molar-refractivity contribution in [1.82, 2.24) is 0 Å². The third kappa shape index (κ3) is 2.50. The Bertz CT molecular complexity index is 228. The second-order valence-electron chi connectivity index (χ2n) is 3.12. The van der Waals surface area contributed by atoms with E-state index in [1.54, 1.807) is 0 Å². The van der Waals surface area contributed by atoms with E-state index in [1.807, 2.05) is 0 Å². The fourth-order valence-corrected chi connectivity index (χ4v) is 5.66. The Morgan fingerprint density at radius 3 is 2.23 bits per heavy atom. The number of halogens is 4. The molecule has 1 rings (SSSR count). The SMILES string of the molecule is BrCC1C(Br)=CC=CC1(CBr)CBr. The van der Waals surface area contributed by atoms with Gasteiger partial charge in [-0.3, -0.25) is 0 Å². The molecule has 0 saturated heterocycles. The van der Waals surface area contributed by atoms with Crippen LogP contribution in [0.25, 0.3) is 0 Å². The predicted molar refractivity (Wildman–Crippen MR) is 73.5 cm³/mol. The highest BCUT2D eigenvalue weighted by atomic mass is 79.9. The summed E-state index contributed by atoms with van der Waals surface area (Å²) < 4.78 is 1.27. The van der Waals surface area contributed by atoms with Crippen LogP contribution in [0.2, 0.25) is 0 Å². The molecular weight excluding hydrogens is 428 g/mol. The van der Waals surface area contributed by atoms with Crippen LogP contribution in [-0.4, -0.2) is 16.0 Å². The van der Waals surface area contributed by atoms with E-state index in [4.69, 9.17) is 0 Å². The van der Waals surface area contributed by atoms with Crippen molar-refractivity contribution < 1.29 is 0 Å². The van der Waals surface area contributed by atoms with E-state index in [0.717, 1.165) is 16.0 Å². The zero-order valence-corrected chi connectivity index (χ0v) is 13.3. The lowest BCUT2D eigenvalue weighted by Gasteiger charge is -2.36. The summed E-state index contributed by atoms with van der Waals surface area (Å²) in [5, 5.41) is 2.92. The van der Waals surface area contributed by atoms with Gasteiger partial charge in [0.2, 0.25) is 0 Å². The summed E-state index contributed by atoms with van der Waals surface area (Å²) in [6, 6.07) is 0. The van der Waals surface area contributed by atoms with Crippen molar-refractivity contribution in [1.29, 1.82) is 0 Å². The van der Waals surface area contributed by atoms with Crippen LogP contribution >= 0.6 is 63.7 Å². The fourth-order valence-electron chi connectivity index (χ4n) is 1.38. The summed E-state index contributed by atoms with van der Waals surface area (Å²) in [5.74, 6) is 0.510. The second-order valence-corrected chi connectivity index (χ2v) is 5.80. The van der Waals surface area contributed by atoms with Crippen LogP contribution in [0.5, 0.6) is 0 Å². The van der Waals surface area contributed by atoms with Gasteiger partial charge in [0.05, 0.1) is 0 Å². The summed E-state index contributed by atoms with van der Waals surface area (Å²) in [5.41, 5.74) is 0.192. The van der Waals surface area contributed by atoms with Crippen LogP contribution in [0.3, 0.4) is 0 Å². The number of rotatable bonds is 3. The molecule has 0 fully saturated rings. The molecular formula is C9H10Br4. The third-order valence-corrected chi connectivity index (χ3v) is 5.91. The first-order valence-corrected chi connectivity index (χ1v) is 8.08. The first kappa shape index (κ1) is 12.5. The van der Waals surface area contributed by atoms with Gasteiger partial charge >= 0.3 is 0 Å². The van der Waals surface area contributed by atoms with Crippen molar-refractivity contribution in [3.8, 4) is 0 Å². The topological polar surface area (TPSA) is 0 Å². The summed E-state index contributed by atoms with van der Waals surface area (Å²) >= 11 is 14.3. The van der Waals surface area contributed by atoms with Crippen LogP contribution in [0.4, 0.5) is 0 Å². The molecule has 0 amide bonds. The van der Waals surface area contributed by atoms with Gasteiger partial charge in [0, 0.05) is 27.3 Å². The number of allylic oxidation sites excluding steroid dienone is 4. The van der Waals surface area contributed by atoms with Gasteiger partial charge in [0.1, 0.15) is 0 Å². The van der Waals surface area contributed by atoms with Gasteiger partial charge < -0.3 is 0 Å². The van der Waals surface area contributed by atoms with Crippen molar-refractivity contribution in [3.63, 3.8) is 0 Å². The zero-order chi connectivity index (χ0) is 9.90. The van der Waals surface area contributed by atoms with Crippen LogP contribution < -0.4 is 0 Å². The largest absolute Gasteiger partial charge is 0.0921 e. The van der Waals surface area contributed by atoms with Crippen LogP contribution in [0, 0.1) is 11.3 Å². The highest BCUT2D eigenvalue weighted by molar-refractivity contribution is 9.12. The summed E-state index contributed by atoms with van der Waals surface area (Å²) in [6.07, 6.45) is 6.51. The average Bonchev–Trinajstić information content (AvgIpc) is 2.17. The molecule has 0 spiro atoms. The van der Waals surface area contributed by atoms with Crippen LogP contribution in [-0.2, 0) is 0 Å². The maximum Gasteiger partial charge on any atom is 0.0160 e. The molecule has 0 aliphatic heterocycles. The van der Waals surface area contributed by atoms with Gasteiger partial charge in [0.25, 0.3) is 0 Å². The molecule has 1 aliphatic carbocycles.